The first-order valence-electron chi connectivity index (χ1n) is 10.3. The van der Waals surface area contributed by atoms with Crippen LogP contribution in [0.5, 0.6) is 11.5 Å². The summed E-state index contributed by atoms with van der Waals surface area (Å²) in [5.74, 6) is 3.47. The molecule has 28 heavy (non-hydrogen) atoms. The molecule has 2 saturated carbocycles. The maximum absolute atomic E-state index is 13.7. The van der Waals surface area contributed by atoms with Crippen molar-refractivity contribution in [2.24, 2.45) is 17.8 Å². The molecule has 4 unspecified atom stereocenters. The van der Waals surface area contributed by atoms with Gasteiger partial charge in [0.25, 0.3) is 0 Å². The Morgan fingerprint density at radius 1 is 1.14 bits per heavy atom. The number of rotatable bonds is 4. The van der Waals surface area contributed by atoms with Gasteiger partial charge in [0.2, 0.25) is 5.91 Å². The molecule has 4 atom stereocenters. The van der Waals surface area contributed by atoms with Crippen LogP contribution in [0.4, 0.5) is 0 Å². The van der Waals surface area contributed by atoms with E-state index in [1.165, 1.54) is 35.3 Å². The number of hydrogen-bond donors (Lipinski definition) is 0. The molecule has 0 radical (unpaired) electrons. The molecule has 1 aromatic heterocycles. The number of nitrogens with zero attached hydrogens (tertiary/aromatic N) is 1. The van der Waals surface area contributed by atoms with Crippen LogP contribution in [0.3, 0.4) is 0 Å². The monoisotopic (exact) mass is 397 g/mol. The summed E-state index contributed by atoms with van der Waals surface area (Å²) in [4.78, 5) is 17.0. The van der Waals surface area contributed by atoms with Crippen LogP contribution in [-0.2, 0) is 11.2 Å². The van der Waals surface area contributed by atoms with Crippen LogP contribution in [0.25, 0.3) is 0 Å². The zero-order chi connectivity index (χ0) is 19.3. The fourth-order valence-electron chi connectivity index (χ4n) is 5.70. The fraction of sp³-hybridized carbons (Fsp3) is 0.522. The summed E-state index contributed by atoms with van der Waals surface area (Å²) in [6, 6.07) is 8.39. The van der Waals surface area contributed by atoms with Gasteiger partial charge in [0, 0.05) is 17.3 Å². The van der Waals surface area contributed by atoms with Crippen molar-refractivity contribution in [2.45, 2.75) is 38.1 Å². The standard InChI is InChI=1S/C23H27NO3S/c1-26-19-12-16-7-8-24(23(25)18-11-14-5-6-15(18)10-14)22(21-4-3-9-28-21)17(16)13-20(19)27-2/h3-4,9,12-15,18,22H,5-8,10-11H2,1-2H3. The SMILES string of the molecule is COc1cc2c(cc1OC)C(c1cccs1)N(C(=O)C1CC3CCC1C3)CC2. The Labute approximate surface area is 170 Å². The molecule has 1 aliphatic heterocycles. The van der Waals surface area contributed by atoms with E-state index in [-0.39, 0.29) is 12.0 Å². The third kappa shape index (κ3) is 2.83. The summed E-state index contributed by atoms with van der Waals surface area (Å²) in [5.41, 5.74) is 2.44. The molecule has 3 aliphatic rings. The number of fused-ring (bicyclic) bond motifs is 3. The molecule has 0 saturated heterocycles. The fourth-order valence-corrected chi connectivity index (χ4v) is 6.55. The zero-order valence-electron chi connectivity index (χ0n) is 16.5. The third-order valence-corrected chi connectivity index (χ3v) is 7.95. The lowest BCUT2D eigenvalue weighted by Gasteiger charge is -2.40. The predicted octanol–water partition coefficient (Wildman–Crippen LogP) is 4.68. The zero-order valence-corrected chi connectivity index (χ0v) is 17.3. The van der Waals surface area contributed by atoms with E-state index in [4.69, 9.17) is 9.47 Å². The van der Waals surface area contributed by atoms with Crippen LogP contribution in [0.2, 0.25) is 0 Å². The van der Waals surface area contributed by atoms with Gasteiger partial charge in [-0.25, -0.2) is 0 Å². The molecule has 4 nitrogen and oxygen atoms in total. The van der Waals surface area contributed by atoms with Gasteiger partial charge >= 0.3 is 0 Å². The summed E-state index contributed by atoms with van der Waals surface area (Å²) < 4.78 is 11.1. The number of ether oxygens (including phenoxy) is 2. The van der Waals surface area contributed by atoms with Gasteiger partial charge in [0.05, 0.1) is 20.3 Å². The summed E-state index contributed by atoms with van der Waals surface area (Å²) in [5, 5.41) is 2.10. The smallest absolute Gasteiger partial charge is 0.226 e. The van der Waals surface area contributed by atoms with Crippen LogP contribution in [0.15, 0.2) is 29.6 Å². The quantitative estimate of drug-likeness (QED) is 0.752. The first-order chi connectivity index (χ1) is 13.7. The van der Waals surface area contributed by atoms with Crippen molar-refractivity contribution in [3.8, 4) is 11.5 Å². The van der Waals surface area contributed by atoms with E-state index in [1.807, 2.05) is 0 Å². The summed E-state index contributed by atoms with van der Waals surface area (Å²) in [6.45, 7) is 0.776. The largest absolute Gasteiger partial charge is 0.493 e. The average Bonchev–Trinajstić information content (AvgIpc) is 3.49. The lowest BCUT2D eigenvalue weighted by Crippen LogP contribution is -2.44. The normalized spacial score (nSPS) is 28.3. The van der Waals surface area contributed by atoms with Crippen molar-refractivity contribution in [1.82, 2.24) is 4.90 Å². The number of carbonyl (C=O) groups excluding carboxylic acids is 1. The highest BCUT2D eigenvalue weighted by Crippen LogP contribution is 2.50. The van der Waals surface area contributed by atoms with Crippen LogP contribution < -0.4 is 9.47 Å². The molecule has 0 N–H and O–H groups in total. The maximum atomic E-state index is 13.7. The van der Waals surface area contributed by atoms with Gasteiger partial charge in [-0.05, 0) is 72.2 Å². The molecule has 5 heteroatoms. The van der Waals surface area contributed by atoms with Crippen LogP contribution in [-0.4, -0.2) is 31.6 Å². The second-order valence-electron chi connectivity index (χ2n) is 8.39. The highest BCUT2D eigenvalue weighted by molar-refractivity contribution is 7.10. The van der Waals surface area contributed by atoms with Crippen LogP contribution in [0.1, 0.15) is 47.7 Å². The number of amides is 1. The summed E-state index contributed by atoms with van der Waals surface area (Å²) >= 11 is 1.73. The van der Waals surface area contributed by atoms with Gasteiger partial charge in [-0.2, -0.15) is 0 Å². The van der Waals surface area contributed by atoms with Crippen molar-refractivity contribution in [1.29, 1.82) is 0 Å². The molecular weight excluding hydrogens is 370 g/mol. The van der Waals surface area contributed by atoms with Gasteiger partial charge < -0.3 is 14.4 Å². The minimum Gasteiger partial charge on any atom is -0.493 e. The molecule has 1 amide bonds. The Morgan fingerprint density at radius 3 is 2.61 bits per heavy atom. The topological polar surface area (TPSA) is 38.8 Å². The predicted molar refractivity (Wildman–Crippen MR) is 110 cm³/mol. The Kier molecular flexibility index (Phi) is 4.58. The second-order valence-corrected chi connectivity index (χ2v) is 9.37. The van der Waals surface area contributed by atoms with Crippen molar-refractivity contribution in [2.75, 3.05) is 20.8 Å². The van der Waals surface area contributed by atoms with Gasteiger partial charge in [0.1, 0.15) is 0 Å². The summed E-state index contributed by atoms with van der Waals surface area (Å²) in [7, 11) is 3.35. The molecule has 5 rings (SSSR count). The minimum absolute atomic E-state index is 0.0183. The number of thiophene rings is 1. The Bertz CT molecular complexity index is 878. The van der Waals surface area contributed by atoms with E-state index < -0.39 is 0 Å². The van der Waals surface area contributed by atoms with Crippen LogP contribution >= 0.6 is 11.3 Å². The first kappa shape index (κ1) is 18.0. The Hall–Kier alpha value is -2.01. The van der Waals surface area contributed by atoms with E-state index in [0.29, 0.717) is 11.8 Å². The average molecular weight is 398 g/mol. The van der Waals surface area contributed by atoms with E-state index in [1.54, 1.807) is 25.6 Å². The number of carbonyl (C=O) groups is 1. The molecular formula is C23H27NO3S. The van der Waals surface area contributed by atoms with Crippen molar-refractivity contribution >= 4 is 17.2 Å². The molecule has 1 aromatic carbocycles. The van der Waals surface area contributed by atoms with E-state index in [0.717, 1.165) is 36.8 Å². The van der Waals surface area contributed by atoms with Gasteiger partial charge in [-0.3, -0.25) is 4.79 Å². The molecule has 0 spiro atoms. The van der Waals surface area contributed by atoms with E-state index >= 15 is 0 Å². The van der Waals surface area contributed by atoms with E-state index in [2.05, 4.69) is 34.5 Å². The molecule has 2 fully saturated rings. The van der Waals surface area contributed by atoms with Gasteiger partial charge in [0.15, 0.2) is 11.5 Å². The van der Waals surface area contributed by atoms with Gasteiger partial charge in [-0.15, -0.1) is 11.3 Å². The maximum Gasteiger partial charge on any atom is 0.226 e. The van der Waals surface area contributed by atoms with E-state index in [9.17, 15) is 4.79 Å². The van der Waals surface area contributed by atoms with Crippen molar-refractivity contribution in [3.05, 3.63) is 45.6 Å². The second kappa shape index (κ2) is 7.11. The number of hydrogen-bond acceptors (Lipinski definition) is 4. The molecule has 2 heterocycles. The minimum atomic E-state index is -0.0183. The number of methoxy groups -OCH3 is 2. The molecule has 2 aliphatic carbocycles. The Morgan fingerprint density at radius 2 is 1.96 bits per heavy atom. The lowest BCUT2D eigenvalue weighted by atomic mass is 9.85. The van der Waals surface area contributed by atoms with Crippen molar-refractivity contribution < 1.29 is 14.3 Å². The molecule has 148 valence electrons. The van der Waals surface area contributed by atoms with Crippen LogP contribution in [0, 0.1) is 17.8 Å². The van der Waals surface area contributed by atoms with Crippen molar-refractivity contribution in [3.63, 3.8) is 0 Å². The first-order valence-corrected chi connectivity index (χ1v) is 11.2. The third-order valence-electron chi connectivity index (χ3n) is 7.02. The number of benzene rings is 1. The summed E-state index contributed by atoms with van der Waals surface area (Å²) in [6.07, 6.45) is 5.78. The Balaban J connectivity index is 1.55. The molecule has 2 bridgehead atoms. The van der Waals surface area contributed by atoms with Gasteiger partial charge in [-0.1, -0.05) is 12.5 Å². The molecule has 2 aromatic rings. The highest BCUT2D eigenvalue weighted by Gasteiger charge is 2.46. The lowest BCUT2D eigenvalue weighted by molar-refractivity contribution is -0.139. The highest BCUT2D eigenvalue weighted by atomic mass is 32.1.